The molecule has 27 heavy (non-hydrogen) atoms. The average molecular weight is 389 g/mol. The fraction of sp³-hybridized carbons (Fsp3) is 0.773. The maximum absolute atomic E-state index is 12.9. The SMILES string of the molecule is O=C(CCCc1csc(C2CCCN(C(=O)C3CCCCC3)C2)n1)C1CC1. The maximum atomic E-state index is 12.9. The summed E-state index contributed by atoms with van der Waals surface area (Å²) in [7, 11) is 0. The summed E-state index contributed by atoms with van der Waals surface area (Å²) in [6.07, 6.45) is 12.9. The third kappa shape index (κ3) is 4.98. The zero-order valence-electron chi connectivity index (χ0n) is 16.3. The van der Waals surface area contributed by atoms with Crippen LogP contribution in [0.25, 0.3) is 0 Å². The van der Waals surface area contributed by atoms with Crippen molar-refractivity contribution in [1.82, 2.24) is 9.88 Å². The van der Waals surface area contributed by atoms with Crippen LogP contribution in [0.5, 0.6) is 0 Å². The van der Waals surface area contributed by atoms with Gasteiger partial charge in [-0.1, -0.05) is 19.3 Å². The molecule has 3 aliphatic rings. The van der Waals surface area contributed by atoms with Gasteiger partial charge in [0.2, 0.25) is 5.91 Å². The van der Waals surface area contributed by atoms with Crippen molar-refractivity contribution in [2.24, 2.45) is 11.8 Å². The summed E-state index contributed by atoms with van der Waals surface area (Å²) in [6.45, 7) is 1.77. The van der Waals surface area contributed by atoms with Crippen LogP contribution in [0.15, 0.2) is 5.38 Å². The van der Waals surface area contributed by atoms with Gasteiger partial charge in [0.1, 0.15) is 5.78 Å². The number of piperidine rings is 1. The van der Waals surface area contributed by atoms with E-state index in [1.807, 2.05) is 0 Å². The molecule has 4 rings (SSSR count). The molecule has 2 heterocycles. The molecule has 1 amide bonds. The lowest BCUT2D eigenvalue weighted by Gasteiger charge is -2.35. The first-order chi connectivity index (χ1) is 13.2. The van der Waals surface area contributed by atoms with Crippen molar-refractivity contribution in [2.75, 3.05) is 13.1 Å². The minimum Gasteiger partial charge on any atom is -0.342 e. The van der Waals surface area contributed by atoms with Crippen LogP contribution in [-0.4, -0.2) is 34.7 Å². The van der Waals surface area contributed by atoms with Gasteiger partial charge in [0.05, 0.1) is 10.7 Å². The Hall–Kier alpha value is -1.23. The fourth-order valence-electron chi connectivity index (χ4n) is 4.66. The van der Waals surface area contributed by atoms with Crippen LogP contribution >= 0.6 is 11.3 Å². The van der Waals surface area contributed by atoms with Crippen molar-refractivity contribution in [3.05, 3.63) is 16.1 Å². The molecule has 0 aromatic carbocycles. The summed E-state index contributed by atoms with van der Waals surface area (Å²) >= 11 is 1.75. The molecule has 148 valence electrons. The summed E-state index contributed by atoms with van der Waals surface area (Å²) in [4.78, 5) is 31.7. The summed E-state index contributed by atoms with van der Waals surface area (Å²) in [5.74, 6) is 1.90. The van der Waals surface area contributed by atoms with Crippen molar-refractivity contribution in [3.8, 4) is 0 Å². The largest absolute Gasteiger partial charge is 0.342 e. The number of nitrogens with zero attached hydrogens (tertiary/aromatic N) is 2. The molecule has 1 aromatic rings. The van der Waals surface area contributed by atoms with Gasteiger partial charge in [0, 0.05) is 42.6 Å². The lowest BCUT2D eigenvalue weighted by atomic mass is 9.87. The van der Waals surface area contributed by atoms with Gasteiger partial charge in [0.15, 0.2) is 0 Å². The zero-order chi connectivity index (χ0) is 18.6. The molecule has 4 nitrogen and oxygen atoms in total. The number of aromatic nitrogens is 1. The Bertz CT molecular complexity index is 661. The Morgan fingerprint density at radius 1 is 1.04 bits per heavy atom. The number of Topliss-reactive ketones (excluding diaryl/α,β-unsaturated/α-hetero) is 1. The zero-order valence-corrected chi connectivity index (χ0v) is 17.1. The van der Waals surface area contributed by atoms with Crippen LogP contribution in [0.4, 0.5) is 0 Å². The molecule has 1 aliphatic heterocycles. The van der Waals surface area contributed by atoms with Crippen molar-refractivity contribution in [2.45, 2.75) is 83.0 Å². The minimum atomic E-state index is 0.272. The molecule has 2 aliphatic carbocycles. The first kappa shape index (κ1) is 19.1. The van der Waals surface area contributed by atoms with E-state index in [-0.39, 0.29) is 5.92 Å². The molecule has 1 saturated heterocycles. The van der Waals surface area contributed by atoms with Gasteiger partial charge in [-0.05, 0) is 51.4 Å². The van der Waals surface area contributed by atoms with Gasteiger partial charge < -0.3 is 4.90 Å². The highest BCUT2D eigenvalue weighted by Crippen LogP contribution is 2.33. The van der Waals surface area contributed by atoms with Crippen LogP contribution in [0.2, 0.25) is 0 Å². The van der Waals surface area contributed by atoms with E-state index in [4.69, 9.17) is 4.98 Å². The predicted octanol–water partition coefficient (Wildman–Crippen LogP) is 4.73. The highest BCUT2D eigenvalue weighted by atomic mass is 32.1. The molecule has 2 saturated carbocycles. The lowest BCUT2D eigenvalue weighted by Crippen LogP contribution is -2.42. The number of carbonyl (C=O) groups is 2. The molecule has 0 radical (unpaired) electrons. The number of hydrogen-bond donors (Lipinski definition) is 0. The van der Waals surface area contributed by atoms with E-state index < -0.39 is 0 Å². The molecule has 1 atom stereocenters. The van der Waals surface area contributed by atoms with Crippen molar-refractivity contribution < 1.29 is 9.59 Å². The Morgan fingerprint density at radius 3 is 2.63 bits per heavy atom. The van der Waals surface area contributed by atoms with Gasteiger partial charge in [-0.15, -0.1) is 11.3 Å². The van der Waals surface area contributed by atoms with Crippen molar-refractivity contribution >= 4 is 23.0 Å². The molecule has 0 bridgehead atoms. The van der Waals surface area contributed by atoms with Gasteiger partial charge in [-0.3, -0.25) is 9.59 Å². The number of hydrogen-bond acceptors (Lipinski definition) is 4. The first-order valence-electron chi connectivity index (χ1n) is 11.0. The van der Waals surface area contributed by atoms with E-state index in [0.717, 1.165) is 70.2 Å². The molecular formula is C22H32N2O2S. The Balaban J connectivity index is 1.28. The van der Waals surface area contributed by atoms with Crippen molar-refractivity contribution in [3.63, 3.8) is 0 Å². The average Bonchev–Trinajstić information content (AvgIpc) is 3.47. The summed E-state index contributed by atoms with van der Waals surface area (Å²) < 4.78 is 0. The van der Waals surface area contributed by atoms with E-state index in [0.29, 0.717) is 29.9 Å². The number of carbonyl (C=O) groups excluding carboxylic acids is 2. The lowest BCUT2D eigenvalue weighted by molar-refractivity contribution is -0.137. The predicted molar refractivity (Wildman–Crippen MR) is 108 cm³/mol. The number of aryl methyl sites for hydroxylation is 1. The van der Waals surface area contributed by atoms with Gasteiger partial charge in [-0.25, -0.2) is 4.98 Å². The van der Waals surface area contributed by atoms with Gasteiger partial charge >= 0.3 is 0 Å². The Morgan fingerprint density at radius 2 is 1.85 bits per heavy atom. The minimum absolute atomic E-state index is 0.272. The normalized spacial score (nSPS) is 24.1. The molecule has 1 unspecified atom stereocenters. The Kier molecular flexibility index (Phi) is 6.26. The molecule has 5 heteroatoms. The van der Waals surface area contributed by atoms with Crippen LogP contribution in [0.3, 0.4) is 0 Å². The second kappa shape index (κ2) is 8.85. The van der Waals surface area contributed by atoms with Crippen LogP contribution in [0, 0.1) is 11.8 Å². The quantitative estimate of drug-likeness (QED) is 0.678. The molecule has 0 spiro atoms. The van der Waals surface area contributed by atoms with E-state index in [1.54, 1.807) is 11.3 Å². The Labute approximate surface area is 166 Å². The highest BCUT2D eigenvalue weighted by Gasteiger charge is 2.31. The number of thiazole rings is 1. The number of amides is 1. The van der Waals surface area contributed by atoms with Crippen LogP contribution in [-0.2, 0) is 16.0 Å². The van der Waals surface area contributed by atoms with E-state index in [1.165, 1.54) is 24.3 Å². The third-order valence-electron chi connectivity index (χ3n) is 6.50. The fourth-order valence-corrected chi connectivity index (χ4v) is 5.65. The summed E-state index contributed by atoms with van der Waals surface area (Å²) in [5.41, 5.74) is 1.13. The van der Waals surface area contributed by atoms with Gasteiger partial charge in [0.25, 0.3) is 0 Å². The first-order valence-corrected chi connectivity index (χ1v) is 11.8. The maximum Gasteiger partial charge on any atom is 0.225 e. The second-order valence-corrected chi connectivity index (χ2v) is 9.62. The molecular weight excluding hydrogens is 356 g/mol. The number of ketones is 1. The molecule has 1 aromatic heterocycles. The third-order valence-corrected chi connectivity index (χ3v) is 7.55. The summed E-state index contributed by atoms with van der Waals surface area (Å²) in [5, 5.41) is 3.36. The highest BCUT2D eigenvalue weighted by molar-refractivity contribution is 7.09. The molecule has 0 N–H and O–H groups in total. The number of rotatable bonds is 7. The van der Waals surface area contributed by atoms with Crippen LogP contribution in [0.1, 0.15) is 87.2 Å². The van der Waals surface area contributed by atoms with Gasteiger partial charge in [-0.2, -0.15) is 0 Å². The topological polar surface area (TPSA) is 50.3 Å². The molecule has 3 fully saturated rings. The van der Waals surface area contributed by atoms with Crippen LogP contribution < -0.4 is 0 Å². The standard InChI is InChI=1S/C22H32N2O2S/c25-20(16-11-12-16)10-4-9-19-15-27-21(23-19)18-8-5-13-24(14-18)22(26)17-6-2-1-3-7-17/h15-18H,1-14H2. The summed E-state index contributed by atoms with van der Waals surface area (Å²) in [6, 6.07) is 0. The monoisotopic (exact) mass is 388 g/mol. The van der Waals surface area contributed by atoms with E-state index >= 15 is 0 Å². The smallest absolute Gasteiger partial charge is 0.225 e. The van der Waals surface area contributed by atoms with E-state index in [2.05, 4.69) is 10.3 Å². The second-order valence-electron chi connectivity index (χ2n) is 8.73. The van der Waals surface area contributed by atoms with Crippen molar-refractivity contribution in [1.29, 1.82) is 0 Å². The van der Waals surface area contributed by atoms with E-state index in [9.17, 15) is 9.59 Å². The number of likely N-dealkylation sites (tertiary alicyclic amines) is 1.